The zero-order valence-corrected chi connectivity index (χ0v) is 14.3. The van der Waals surface area contributed by atoms with Crippen molar-refractivity contribution < 1.29 is 8.42 Å². The molecule has 0 saturated carbocycles. The van der Waals surface area contributed by atoms with E-state index in [1.807, 2.05) is 26.1 Å². The molecule has 0 atom stereocenters. The van der Waals surface area contributed by atoms with E-state index in [2.05, 4.69) is 26.0 Å². The SMILES string of the molecule is CNCc1cc(S(=O)(=O)Nc2ccc(Br)cc2C)cs1. The van der Waals surface area contributed by atoms with Gasteiger partial charge in [0.2, 0.25) is 0 Å². The predicted molar refractivity (Wildman–Crippen MR) is 86.8 cm³/mol. The Kier molecular flexibility index (Phi) is 4.85. The Bertz CT molecular complexity index is 711. The van der Waals surface area contributed by atoms with Gasteiger partial charge in [-0.3, -0.25) is 4.72 Å². The summed E-state index contributed by atoms with van der Waals surface area (Å²) in [7, 11) is -1.70. The minimum Gasteiger partial charge on any atom is -0.315 e. The molecule has 0 spiro atoms. The number of hydrogen-bond acceptors (Lipinski definition) is 4. The van der Waals surface area contributed by atoms with Crippen molar-refractivity contribution in [3.8, 4) is 0 Å². The van der Waals surface area contributed by atoms with Gasteiger partial charge in [-0.1, -0.05) is 15.9 Å². The van der Waals surface area contributed by atoms with E-state index < -0.39 is 10.0 Å². The second kappa shape index (κ2) is 6.26. The van der Waals surface area contributed by atoms with E-state index in [1.165, 1.54) is 11.3 Å². The summed E-state index contributed by atoms with van der Waals surface area (Å²) >= 11 is 4.79. The molecule has 0 bridgehead atoms. The first-order valence-electron chi connectivity index (χ1n) is 5.93. The Hall–Kier alpha value is -0.890. The van der Waals surface area contributed by atoms with Crippen LogP contribution in [0.2, 0.25) is 0 Å². The molecule has 1 aromatic heterocycles. The average molecular weight is 375 g/mol. The lowest BCUT2D eigenvalue weighted by molar-refractivity contribution is 0.601. The van der Waals surface area contributed by atoms with Crippen LogP contribution in [0.1, 0.15) is 10.4 Å². The van der Waals surface area contributed by atoms with Gasteiger partial charge in [0.1, 0.15) is 0 Å². The second-order valence-electron chi connectivity index (χ2n) is 4.34. The highest BCUT2D eigenvalue weighted by Crippen LogP contribution is 2.25. The highest BCUT2D eigenvalue weighted by molar-refractivity contribution is 9.10. The molecule has 1 aromatic carbocycles. The summed E-state index contributed by atoms with van der Waals surface area (Å²) in [5.41, 5.74) is 1.46. The van der Waals surface area contributed by atoms with Gasteiger partial charge in [-0.05, 0) is 43.8 Å². The lowest BCUT2D eigenvalue weighted by Gasteiger charge is -2.09. The van der Waals surface area contributed by atoms with Crippen molar-refractivity contribution in [2.75, 3.05) is 11.8 Å². The van der Waals surface area contributed by atoms with Crippen molar-refractivity contribution in [2.24, 2.45) is 0 Å². The summed E-state index contributed by atoms with van der Waals surface area (Å²) < 4.78 is 28.2. The van der Waals surface area contributed by atoms with Gasteiger partial charge in [0.05, 0.1) is 10.6 Å². The van der Waals surface area contributed by atoms with Crippen LogP contribution in [0.4, 0.5) is 5.69 Å². The number of anilines is 1. The van der Waals surface area contributed by atoms with E-state index in [0.29, 0.717) is 17.1 Å². The van der Waals surface area contributed by atoms with Crippen molar-refractivity contribution in [1.82, 2.24) is 5.32 Å². The van der Waals surface area contributed by atoms with Crippen molar-refractivity contribution in [1.29, 1.82) is 0 Å². The third kappa shape index (κ3) is 3.60. The fourth-order valence-electron chi connectivity index (χ4n) is 1.71. The maximum atomic E-state index is 12.3. The fourth-order valence-corrected chi connectivity index (χ4v) is 4.61. The zero-order valence-electron chi connectivity index (χ0n) is 11.1. The summed E-state index contributed by atoms with van der Waals surface area (Å²) in [6.45, 7) is 2.53. The summed E-state index contributed by atoms with van der Waals surface area (Å²) in [5, 5.41) is 4.66. The monoisotopic (exact) mass is 374 g/mol. The van der Waals surface area contributed by atoms with Crippen molar-refractivity contribution in [2.45, 2.75) is 18.4 Å². The largest absolute Gasteiger partial charge is 0.315 e. The van der Waals surface area contributed by atoms with Crippen LogP contribution in [-0.2, 0) is 16.6 Å². The Morgan fingerprint density at radius 3 is 2.70 bits per heavy atom. The van der Waals surface area contributed by atoms with Crippen molar-refractivity contribution in [3.63, 3.8) is 0 Å². The van der Waals surface area contributed by atoms with Crippen LogP contribution in [0.25, 0.3) is 0 Å². The molecule has 20 heavy (non-hydrogen) atoms. The Morgan fingerprint density at radius 2 is 2.05 bits per heavy atom. The van der Waals surface area contributed by atoms with Gasteiger partial charge in [-0.25, -0.2) is 8.42 Å². The number of sulfonamides is 1. The zero-order chi connectivity index (χ0) is 14.8. The molecule has 2 aromatic rings. The Labute approximate surface area is 131 Å². The van der Waals surface area contributed by atoms with Gasteiger partial charge >= 0.3 is 0 Å². The second-order valence-corrected chi connectivity index (χ2v) is 7.94. The lowest BCUT2D eigenvalue weighted by Crippen LogP contribution is -2.13. The van der Waals surface area contributed by atoms with E-state index in [0.717, 1.165) is 14.9 Å². The molecule has 4 nitrogen and oxygen atoms in total. The van der Waals surface area contributed by atoms with E-state index in [4.69, 9.17) is 0 Å². The van der Waals surface area contributed by atoms with Gasteiger partial charge in [0.25, 0.3) is 10.0 Å². The van der Waals surface area contributed by atoms with Crippen LogP contribution in [0.5, 0.6) is 0 Å². The maximum absolute atomic E-state index is 12.3. The number of thiophene rings is 1. The first-order chi connectivity index (χ1) is 9.42. The third-order valence-electron chi connectivity index (χ3n) is 2.72. The highest BCUT2D eigenvalue weighted by atomic mass is 79.9. The molecular formula is C13H15BrN2O2S2. The van der Waals surface area contributed by atoms with E-state index in [1.54, 1.807) is 17.5 Å². The maximum Gasteiger partial charge on any atom is 0.262 e. The Balaban J connectivity index is 2.26. The standard InChI is InChI=1S/C13H15BrN2O2S2/c1-9-5-10(14)3-4-13(9)16-20(17,18)12-6-11(7-15-2)19-8-12/h3-6,8,15-16H,7H2,1-2H3. The van der Waals surface area contributed by atoms with Crippen LogP contribution < -0.4 is 10.0 Å². The van der Waals surface area contributed by atoms with E-state index in [9.17, 15) is 8.42 Å². The topological polar surface area (TPSA) is 58.2 Å². The molecular weight excluding hydrogens is 360 g/mol. The summed E-state index contributed by atoms with van der Waals surface area (Å²) in [4.78, 5) is 1.29. The minimum absolute atomic E-state index is 0.301. The molecule has 2 N–H and O–H groups in total. The first-order valence-corrected chi connectivity index (χ1v) is 9.09. The third-order valence-corrected chi connectivity index (χ3v) is 5.65. The van der Waals surface area contributed by atoms with Crippen LogP contribution >= 0.6 is 27.3 Å². The summed E-state index contributed by atoms with van der Waals surface area (Å²) in [6.07, 6.45) is 0. The molecule has 2 rings (SSSR count). The molecule has 0 aliphatic rings. The van der Waals surface area contributed by atoms with E-state index >= 15 is 0 Å². The van der Waals surface area contributed by atoms with Crippen LogP contribution in [0.15, 0.2) is 39.0 Å². The number of halogens is 1. The molecule has 0 saturated heterocycles. The van der Waals surface area contributed by atoms with Crippen LogP contribution in [0, 0.1) is 6.92 Å². The molecule has 0 aliphatic carbocycles. The lowest BCUT2D eigenvalue weighted by atomic mass is 10.2. The van der Waals surface area contributed by atoms with Gasteiger partial charge in [-0.15, -0.1) is 11.3 Å². The van der Waals surface area contributed by atoms with Crippen LogP contribution in [0.3, 0.4) is 0 Å². The number of aryl methyl sites for hydroxylation is 1. The van der Waals surface area contributed by atoms with Crippen molar-refractivity contribution >= 4 is 43.0 Å². The molecule has 0 aliphatic heterocycles. The average Bonchev–Trinajstić information content (AvgIpc) is 2.83. The molecule has 7 heteroatoms. The first kappa shape index (κ1) is 15.5. The van der Waals surface area contributed by atoms with Gasteiger partial charge in [-0.2, -0.15) is 0 Å². The predicted octanol–water partition coefficient (Wildman–Crippen LogP) is 3.34. The molecule has 0 fully saturated rings. The fraction of sp³-hybridized carbons (Fsp3) is 0.231. The molecule has 0 radical (unpaired) electrons. The normalized spacial score (nSPS) is 11.6. The number of hydrogen-bond donors (Lipinski definition) is 2. The van der Waals surface area contributed by atoms with Crippen molar-refractivity contribution in [3.05, 3.63) is 44.6 Å². The Morgan fingerprint density at radius 1 is 1.30 bits per heavy atom. The van der Waals surface area contributed by atoms with E-state index in [-0.39, 0.29) is 0 Å². The molecule has 1 heterocycles. The highest BCUT2D eigenvalue weighted by Gasteiger charge is 2.17. The van der Waals surface area contributed by atoms with Gasteiger partial charge in [0, 0.05) is 21.3 Å². The number of rotatable bonds is 5. The summed E-state index contributed by atoms with van der Waals surface area (Å²) in [6, 6.07) is 7.12. The molecule has 108 valence electrons. The number of benzene rings is 1. The quantitative estimate of drug-likeness (QED) is 0.843. The molecule has 0 amide bonds. The van der Waals surface area contributed by atoms with Gasteiger partial charge < -0.3 is 5.32 Å². The van der Waals surface area contributed by atoms with Crippen LogP contribution in [-0.4, -0.2) is 15.5 Å². The number of nitrogens with one attached hydrogen (secondary N) is 2. The van der Waals surface area contributed by atoms with Gasteiger partial charge in [0.15, 0.2) is 0 Å². The summed E-state index contributed by atoms with van der Waals surface area (Å²) in [5.74, 6) is 0. The molecule has 0 unspecified atom stereocenters. The minimum atomic E-state index is -3.53. The smallest absolute Gasteiger partial charge is 0.262 e.